The molecule has 0 amide bonds. The van der Waals surface area contributed by atoms with Gasteiger partial charge in [0.25, 0.3) is 0 Å². The van der Waals surface area contributed by atoms with Gasteiger partial charge in [-0.2, -0.15) is 13.2 Å². The van der Waals surface area contributed by atoms with E-state index in [0.29, 0.717) is 37.4 Å². The molecule has 0 radical (unpaired) electrons. The topological polar surface area (TPSA) is 59.6 Å². The van der Waals surface area contributed by atoms with E-state index in [0.717, 1.165) is 23.0 Å². The van der Waals surface area contributed by atoms with E-state index in [1.807, 2.05) is 34.1 Å². The number of hydrogen-bond donors (Lipinski definition) is 2. The van der Waals surface area contributed by atoms with Gasteiger partial charge in [0.05, 0.1) is 5.56 Å². The zero-order valence-electron chi connectivity index (χ0n) is 15.5. The number of nitrogens with one attached hydrogen (secondary N) is 1. The molecule has 0 saturated carbocycles. The lowest BCUT2D eigenvalue weighted by molar-refractivity contribution is -0.143. The fraction of sp³-hybridized carbons (Fsp3) is 0.286. The minimum Gasteiger partial charge on any atom is -0.480 e. The summed E-state index contributed by atoms with van der Waals surface area (Å²) in [6.07, 6.45) is -2.66. The van der Waals surface area contributed by atoms with Crippen LogP contribution in [0.2, 0.25) is 0 Å². The molecule has 29 heavy (non-hydrogen) atoms. The quantitative estimate of drug-likeness (QED) is 0.688. The van der Waals surface area contributed by atoms with Gasteiger partial charge in [0.2, 0.25) is 0 Å². The zero-order valence-corrected chi connectivity index (χ0v) is 15.5. The summed E-state index contributed by atoms with van der Waals surface area (Å²) < 4.78 is 38.9. The minimum absolute atomic E-state index is 0.437. The number of aliphatic carboxylic acids is 1. The highest BCUT2D eigenvalue weighted by atomic mass is 19.4. The zero-order chi connectivity index (χ0) is 20.6. The molecule has 1 aliphatic rings. The van der Waals surface area contributed by atoms with Crippen LogP contribution in [0.5, 0.6) is 0 Å². The molecule has 152 valence electrons. The molecule has 1 saturated heterocycles. The number of para-hydroxylation sites is 1. The average molecular weight is 403 g/mol. The molecule has 2 aromatic carbocycles. The third kappa shape index (κ3) is 3.80. The lowest BCUT2D eigenvalue weighted by Crippen LogP contribution is -2.49. The second-order valence-electron chi connectivity index (χ2n) is 7.10. The summed E-state index contributed by atoms with van der Waals surface area (Å²) in [6.45, 7) is 1.78. The SMILES string of the molecule is O=C(O)[C@@H](c1c[nH]c2ccccc12)N1CCN(c2cccc(C(F)(F)F)c2)CC1. The highest BCUT2D eigenvalue weighted by molar-refractivity contribution is 5.89. The number of H-pyrrole nitrogens is 1. The van der Waals surface area contributed by atoms with Gasteiger partial charge in [0, 0.05) is 54.5 Å². The fourth-order valence-corrected chi connectivity index (χ4v) is 3.92. The van der Waals surface area contributed by atoms with Crippen molar-refractivity contribution >= 4 is 22.6 Å². The third-order valence-electron chi connectivity index (χ3n) is 5.37. The number of halogens is 3. The molecular weight excluding hydrogens is 383 g/mol. The van der Waals surface area contributed by atoms with E-state index in [-0.39, 0.29) is 0 Å². The predicted octanol–water partition coefficient (Wildman–Crippen LogP) is 4.13. The largest absolute Gasteiger partial charge is 0.480 e. The van der Waals surface area contributed by atoms with Crippen molar-refractivity contribution in [2.45, 2.75) is 12.2 Å². The molecule has 8 heteroatoms. The van der Waals surface area contributed by atoms with Crippen LogP contribution in [-0.2, 0) is 11.0 Å². The first-order valence-electron chi connectivity index (χ1n) is 9.29. The van der Waals surface area contributed by atoms with Crippen LogP contribution in [0, 0.1) is 0 Å². The Hall–Kier alpha value is -3.00. The van der Waals surface area contributed by atoms with Crippen LogP contribution < -0.4 is 4.90 Å². The van der Waals surface area contributed by atoms with Gasteiger partial charge in [0.15, 0.2) is 0 Å². The summed E-state index contributed by atoms with van der Waals surface area (Å²) in [5.74, 6) is -0.942. The number of anilines is 1. The van der Waals surface area contributed by atoms with Crippen LogP contribution in [-0.4, -0.2) is 47.1 Å². The monoisotopic (exact) mass is 403 g/mol. The number of aromatic nitrogens is 1. The maximum Gasteiger partial charge on any atom is 0.416 e. The van der Waals surface area contributed by atoms with E-state index in [9.17, 15) is 23.1 Å². The van der Waals surface area contributed by atoms with Gasteiger partial charge < -0.3 is 15.0 Å². The van der Waals surface area contributed by atoms with Crippen molar-refractivity contribution in [2.24, 2.45) is 0 Å². The number of nitrogens with zero attached hydrogens (tertiary/aromatic N) is 2. The lowest BCUT2D eigenvalue weighted by atomic mass is 10.0. The lowest BCUT2D eigenvalue weighted by Gasteiger charge is -2.39. The molecular formula is C21H20F3N3O2. The molecule has 3 aromatic rings. The van der Waals surface area contributed by atoms with E-state index in [1.54, 1.807) is 12.3 Å². The highest BCUT2D eigenvalue weighted by Crippen LogP contribution is 2.33. The van der Waals surface area contributed by atoms with E-state index in [4.69, 9.17) is 0 Å². The second kappa shape index (κ2) is 7.44. The molecule has 2 N–H and O–H groups in total. The molecule has 2 heterocycles. The fourth-order valence-electron chi connectivity index (χ4n) is 3.92. The summed E-state index contributed by atoms with van der Waals surface area (Å²) >= 11 is 0. The van der Waals surface area contributed by atoms with Crippen LogP contribution in [0.15, 0.2) is 54.7 Å². The van der Waals surface area contributed by atoms with Gasteiger partial charge >= 0.3 is 12.1 Å². The minimum atomic E-state index is -4.39. The first kappa shape index (κ1) is 19.3. The Kier molecular flexibility index (Phi) is 4.96. The standard InChI is InChI=1S/C21H20F3N3O2/c22-21(23,24)14-4-3-5-15(12-14)26-8-10-27(11-9-26)19(20(28)29)17-13-25-18-7-2-1-6-16(17)18/h1-7,12-13,19,25H,8-11H2,(H,28,29)/t19-/m1/s1. The Morgan fingerprint density at radius 2 is 1.76 bits per heavy atom. The smallest absolute Gasteiger partial charge is 0.416 e. The van der Waals surface area contributed by atoms with Gasteiger partial charge in [-0.25, -0.2) is 0 Å². The van der Waals surface area contributed by atoms with Crippen molar-refractivity contribution in [2.75, 3.05) is 31.1 Å². The maximum atomic E-state index is 13.0. The van der Waals surface area contributed by atoms with Crippen molar-refractivity contribution in [3.05, 3.63) is 65.9 Å². The molecule has 0 unspecified atom stereocenters. The number of rotatable bonds is 4. The number of aromatic amines is 1. The first-order chi connectivity index (χ1) is 13.8. The number of carboxylic acids is 1. The summed E-state index contributed by atoms with van der Waals surface area (Å²) in [7, 11) is 0. The Morgan fingerprint density at radius 3 is 2.45 bits per heavy atom. The number of piperazine rings is 1. The molecule has 0 spiro atoms. The van der Waals surface area contributed by atoms with Crippen LogP contribution >= 0.6 is 0 Å². The number of benzene rings is 2. The van der Waals surface area contributed by atoms with E-state index in [2.05, 4.69) is 4.98 Å². The van der Waals surface area contributed by atoms with E-state index < -0.39 is 23.8 Å². The summed E-state index contributed by atoms with van der Waals surface area (Å²) in [5, 5.41) is 10.7. The Bertz CT molecular complexity index is 1020. The van der Waals surface area contributed by atoms with Crippen molar-refractivity contribution in [3.8, 4) is 0 Å². The summed E-state index contributed by atoms with van der Waals surface area (Å²) in [5.41, 5.74) is 1.38. The normalized spacial score (nSPS) is 16.9. The maximum absolute atomic E-state index is 13.0. The van der Waals surface area contributed by atoms with Gasteiger partial charge in [0.1, 0.15) is 6.04 Å². The molecule has 0 aliphatic carbocycles. The van der Waals surface area contributed by atoms with Gasteiger partial charge in [-0.15, -0.1) is 0 Å². The number of fused-ring (bicyclic) bond motifs is 1. The molecule has 1 fully saturated rings. The third-order valence-corrected chi connectivity index (χ3v) is 5.37. The second-order valence-corrected chi connectivity index (χ2v) is 7.10. The molecule has 1 aromatic heterocycles. The molecule has 4 rings (SSSR count). The highest BCUT2D eigenvalue weighted by Gasteiger charge is 2.33. The van der Waals surface area contributed by atoms with Crippen LogP contribution in [0.4, 0.5) is 18.9 Å². The summed E-state index contributed by atoms with van der Waals surface area (Å²) in [4.78, 5) is 18.9. The van der Waals surface area contributed by atoms with Crippen molar-refractivity contribution < 1.29 is 23.1 Å². The van der Waals surface area contributed by atoms with Crippen LogP contribution in [0.1, 0.15) is 17.2 Å². The van der Waals surface area contributed by atoms with E-state index >= 15 is 0 Å². The molecule has 1 aliphatic heterocycles. The van der Waals surface area contributed by atoms with Gasteiger partial charge in [-0.1, -0.05) is 24.3 Å². The number of hydrogen-bond acceptors (Lipinski definition) is 3. The summed E-state index contributed by atoms with van der Waals surface area (Å²) in [6, 6.07) is 12.0. The Labute approximate surface area is 165 Å². The van der Waals surface area contributed by atoms with Crippen molar-refractivity contribution in [1.82, 2.24) is 9.88 Å². The molecule has 5 nitrogen and oxygen atoms in total. The number of carboxylic acid groups (broad SMARTS) is 1. The average Bonchev–Trinajstić information content (AvgIpc) is 3.12. The van der Waals surface area contributed by atoms with Gasteiger partial charge in [-0.05, 0) is 24.3 Å². The Balaban J connectivity index is 1.53. The van der Waals surface area contributed by atoms with E-state index in [1.165, 1.54) is 6.07 Å². The molecule has 0 bridgehead atoms. The van der Waals surface area contributed by atoms with Crippen molar-refractivity contribution in [1.29, 1.82) is 0 Å². The van der Waals surface area contributed by atoms with Crippen LogP contribution in [0.25, 0.3) is 10.9 Å². The predicted molar refractivity (Wildman–Crippen MR) is 104 cm³/mol. The Morgan fingerprint density at radius 1 is 1.03 bits per heavy atom. The number of carbonyl (C=O) groups is 1. The van der Waals surface area contributed by atoms with Crippen LogP contribution in [0.3, 0.4) is 0 Å². The first-order valence-corrected chi connectivity index (χ1v) is 9.29. The van der Waals surface area contributed by atoms with Crippen molar-refractivity contribution in [3.63, 3.8) is 0 Å². The van der Waals surface area contributed by atoms with Gasteiger partial charge in [-0.3, -0.25) is 9.69 Å². The molecule has 1 atom stereocenters. The number of alkyl halides is 3.